The van der Waals surface area contributed by atoms with Crippen molar-refractivity contribution in [1.29, 1.82) is 0 Å². The molecule has 21 heavy (non-hydrogen) atoms. The molecule has 2 heterocycles. The largest absolute Gasteiger partial charge is 0.375 e. The van der Waals surface area contributed by atoms with Crippen LogP contribution in [0.5, 0.6) is 0 Å². The molecule has 1 aromatic carbocycles. The van der Waals surface area contributed by atoms with E-state index in [9.17, 15) is 4.79 Å². The summed E-state index contributed by atoms with van der Waals surface area (Å²) in [5, 5.41) is 0. The van der Waals surface area contributed by atoms with E-state index in [1.807, 2.05) is 11.8 Å². The van der Waals surface area contributed by atoms with Crippen molar-refractivity contribution in [3.05, 3.63) is 35.4 Å². The Hall–Kier alpha value is -0.800. The topological polar surface area (TPSA) is 26.3 Å². The van der Waals surface area contributed by atoms with Crippen LogP contribution in [0, 0.1) is 12.8 Å². The van der Waals surface area contributed by atoms with Gasteiger partial charge in [-0.3, -0.25) is 4.79 Å². The fourth-order valence-electron chi connectivity index (χ4n) is 3.45. The number of carbonyl (C=O) groups is 1. The molecule has 2 fully saturated rings. The van der Waals surface area contributed by atoms with Crippen molar-refractivity contribution in [2.45, 2.75) is 44.6 Å². The number of thioether (sulfide) groups is 1. The van der Waals surface area contributed by atoms with E-state index in [-0.39, 0.29) is 11.5 Å². The summed E-state index contributed by atoms with van der Waals surface area (Å²) in [6.07, 6.45) is 4.66. The van der Waals surface area contributed by atoms with E-state index in [0.29, 0.717) is 12.2 Å². The molecular formula is C18H24O2S. The molecule has 114 valence electrons. The first-order valence-corrected chi connectivity index (χ1v) is 9.12. The minimum Gasteiger partial charge on any atom is -0.375 e. The summed E-state index contributed by atoms with van der Waals surface area (Å²) < 4.78 is 6.09. The zero-order valence-corrected chi connectivity index (χ0v) is 13.6. The van der Waals surface area contributed by atoms with Gasteiger partial charge in [0, 0.05) is 18.9 Å². The normalized spacial score (nSPS) is 24.9. The third-order valence-corrected chi connectivity index (χ3v) is 5.84. The second kappa shape index (κ2) is 6.53. The Morgan fingerprint density at radius 1 is 1.29 bits per heavy atom. The van der Waals surface area contributed by atoms with Crippen molar-refractivity contribution in [2.24, 2.45) is 5.92 Å². The van der Waals surface area contributed by atoms with Gasteiger partial charge in [0.1, 0.15) is 5.78 Å². The molecule has 3 heteroatoms. The van der Waals surface area contributed by atoms with Crippen LogP contribution in [0.15, 0.2) is 24.3 Å². The summed E-state index contributed by atoms with van der Waals surface area (Å²) in [4.78, 5) is 12.6. The monoisotopic (exact) mass is 304 g/mol. The molecule has 3 rings (SSSR count). The predicted octanol–water partition coefficient (Wildman–Crippen LogP) is 3.80. The Kier molecular flexibility index (Phi) is 4.70. The minimum atomic E-state index is 0.0110. The molecule has 2 aliphatic rings. The van der Waals surface area contributed by atoms with Gasteiger partial charge in [-0.15, -0.1) is 0 Å². The molecule has 1 spiro atoms. The summed E-state index contributed by atoms with van der Waals surface area (Å²) in [5.74, 6) is 2.96. The minimum absolute atomic E-state index is 0.0110. The number of ether oxygens (including phenoxy) is 1. The van der Waals surface area contributed by atoms with Gasteiger partial charge < -0.3 is 4.74 Å². The van der Waals surface area contributed by atoms with Crippen LogP contribution in [-0.2, 0) is 16.0 Å². The Labute approximate surface area is 131 Å². The molecule has 0 N–H and O–H groups in total. The van der Waals surface area contributed by atoms with Crippen LogP contribution in [0.25, 0.3) is 0 Å². The van der Waals surface area contributed by atoms with Gasteiger partial charge in [-0.25, -0.2) is 0 Å². The van der Waals surface area contributed by atoms with Crippen LogP contribution in [0.3, 0.4) is 0 Å². The predicted molar refractivity (Wildman–Crippen MR) is 87.9 cm³/mol. The van der Waals surface area contributed by atoms with E-state index < -0.39 is 0 Å². The summed E-state index contributed by atoms with van der Waals surface area (Å²) in [7, 11) is 0. The number of hydrogen-bond acceptors (Lipinski definition) is 3. The van der Waals surface area contributed by atoms with Gasteiger partial charge in [0.05, 0.1) is 5.60 Å². The highest BCUT2D eigenvalue weighted by atomic mass is 32.2. The number of Topliss-reactive ketones (excluding diaryl/α,β-unsaturated/α-hetero) is 1. The maximum absolute atomic E-state index is 12.6. The number of rotatable bonds is 3. The molecular weight excluding hydrogens is 280 g/mol. The lowest BCUT2D eigenvalue weighted by molar-refractivity contribution is -0.137. The van der Waals surface area contributed by atoms with Gasteiger partial charge in [-0.2, -0.15) is 11.8 Å². The Bertz CT molecular complexity index is 483. The highest BCUT2D eigenvalue weighted by molar-refractivity contribution is 7.99. The summed E-state index contributed by atoms with van der Waals surface area (Å²) in [5.41, 5.74) is 2.40. The third-order valence-electron chi connectivity index (χ3n) is 4.85. The van der Waals surface area contributed by atoms with Crippen molar-refractivity contribution in [3.63, 3.8) is 0 Å². The maximum atomic E-state index is 12.6. The number of aryl methyl sites for hydroxylation is 1. The zero-order valence-electron chi connectivity index (χ0n) is 12.8. The molecule has 0 saturated carbocycles. The smallest absolute Gasteiger partial charge is 0.140 e. The molecule has 0 radical (unpaired) electrons. The molecule has 1 aromatic rings. The highest BCUT2D eigenvalue weighted by Gasteiger charge is 2.40. The number of ketones is 1. The van der Waals surface area contributed by atoms with Crippen LogP contribution in [0.4, 0.5) is 0 Å². The quantitative estimate of drug-likeness (QED) is 0.849. The molecule has 0 aliphatic carbocycles. The fraction of sp³-hybridized carbons (Fsp3) is 0.611. The number of carbonyl (C=O) groups excluding carboxylic acids is 1. The standard InChI is InChI=1S/C18H24O2S/c1-14-2-4-15(5-3-14)12-17(19)16-6-9-20-18(13-16)7-10-21-11-8-18/h2-5,16H,6-13H2,1H3. The van der Waals surface area contributed by atoms with Crippen LogP contribution < -0.4 is 0 Å². The number of hydrogen-bond donors (Lipinski definition) is 0. The maximum Gasteiger partial charge on any atom is 0.140 e. The molecule has 0 aromatic heterocycles. The van der Waals surface area contributed by atoms with Crippen molar-refractivity contribution < 1.29 is 9.53 Å². The van der Waals surface area contributed by atoms with Crippen LogP contribution in [-0.4, -0.2) is 29.5 Å². The van der Waals surface area contributed by atoms with E-state index >= 15 is 0 Å². The molecule has 2 aliphatic heterocycles. The number of benzene rings is 1. The lowest BCUT2D eigenvalue weighted by Crippen LogP contribution is -2.44. The van der Waals surface area contributed by atoms with Crippen molar-refractivity contribution in [3.8, 4) is 0 Å². The van der Waals surface area contributed by atoms with E-state index in [0.717, 1.165) is 37.9 Å². The Morgan fingerprint density at radius 3 is 2.71 bits per heavy atom. The van der Waals surface area contributed by atoms with Gasteiger partial charge in [0.2, 0.25) is 0 Å². The highest BCUT2D eigenvalue weighted by Crippen LogP contribution is 2.40. The Balaban J connectivity index is 1.62. The van der Waals surface area contributed by atoms with Crippen molar-refractivity contribution >= 4 is 17.5 Å². The third kappa shape index (κ3) is 3.70. The summed E-state index contributed by atoms with van der Waals surface area (Å²) in [6.45, 7) is 2.84. The average Bonchev–Trinajstić information content (AvgIpc) is 2.50. The SMILES string of the molecule is Cc1ccc(CC(=O)C2CCOC3(CCSCC3)C2)cc1. The molecule has 1 unspecified atom stereocenters. The molecule has 0 amide bonds. The van der Waals surface area contributed by atoms with Crippen LogP contribution in [0.2, 0.25) is 0 Å². The molecule has 2 nitrogen and oxygen atoms in total. The van der Waals surface area contributed by atoms with E-state index in [1.54, 1.807) is 0 Å². The lowest BCUT2D eigenvalue weighted by Gasteiger charge is -2.43. The van der Waals surface area contributed by atoms with Gasteiger partial charge in [0.25, 0.3) is 0 Å². The van der Waals surface area contributed by atoms with Gasteiger partial charge in [-0.05, 0) is 49.7 Å². The van der Waals surface area contributed by atoms with Gasteiger partial charge >= 0.3 is 0 Å². The van der Waals surface area contributed by atoms with Crippen molar-refractivity contribution in [2.75, 3.05) is 18.1 Å². The Morgan fingerprint density at radius 2 is 2.00 bits per heavy atom. The summed E-state index contributed by atoms with van der Waals surface area (Å²) in [6, 6.07) is 8.35. The molecule has 1 atom stereocenters. The first kappa shape index (κ1) is 15.1. The van der Waals surface area contributed by atoms with E-state index in [2.05, 4.69) is 31.2 Å². The van der Waals surface area contributed by atoms with Crippen molar-refractivity contribution in [1.82, 2.24) is 0 Å². The van der Waals surface area contributed by atoms with Gasteiger partial charge in [-0.1, -0.05) is 29.8 Å². The second-order valence-corrected chi connectivity index (χ2v) is 7.69. The first-order valence-electron chi connectivity index (χ1n) is 7.97. The molecule has 2 saturated heterocycles. The van der Waals surface area contributed by atoms with E-state index in [4.69, 9.17) is 4.74 Å². The average molecular weight is 304 g/mol. The van der Waals surface area contributed by atoms with Gasteiger partial charge in [0.15, 0.2) is 0 Å². The first-order chi connectivity index (χ1) is 10.2. The van der Waals surface area contributed by atoms with E-state index in [1.165, 1.54) is 17.1 Å². The molecule has 0 bridgehead atoms. The second-order valence-electron chi connectivity index (χ2n) is 6.46. The van der Waals surface area contributed by atoms with Crippen LogP contribution >= 0.6 is 11.8 Å². The lowest BCUT2D eigenvalue weighted by atomic mass is 9.79. The van der Waals surface area contributed by atoms with Crippen LogP contribution in [0.1, 0.15) is 36.8 Å². The zero-order chi connectivity index (χ0) is 14.7. The summed E-state index contributed by atoms with van der Waals surface area (Å²) >= 11 is 2.01. The fourth-order valence-corrected chi connectivity index (χ4v) is 4.68.